The molecule has 0 unspecified atom stereocenters. The molecule has 0 aliphatic heterocycles. The Balaban J connectivity index is 0.978. The van der Waals surface area contributed by atoms with Gasteiger partial charge in [0.25, 0.3) is 0 Å². The van der Waals surface area contributed by atoms with Crippen LogP contribution in [0.2, 0.25) is 0 Å². The van der Waals surface area contributed by atoms with E-state index < -0.39 is 0 Å². The van der Waals surface area contributed by atoms with E-state index in [0.717, 1.165) is 29.2 Å². The number of aromatic nitrogens is 1. The maximum atomic E-state index is 2.47. The molecule has 1 aromatic heterocycles. The van der Waals surface area contributed by atoms with Crippen LogP contribution in [0.5, 0.6) is 0 Å². The van der Waals surface area contributed by atoms with Crippen molar-refractivity contribution in [3.05, 3.63) is 205 Å². The van der Waals surface area contributed by atoms with E-state index in [1.807, 2.05) is 0 Å². The van der Waals surface area contributed by atoms with Crippen molar-refractivity contribution in [1.29, 1.82) is 0 Å². The van der Waals surface area contributed by atoms with Crippen molar-refractivity contribution in [3.63, 3.8) is 0 Å². The SMILES string of the molecule is CCCC(C)(C)c1cc(-c2ccc(-c3ccc(N(c4ccccc4)c4ccc(-c5ccc(-n6c7ccccc7c7ccccc76)cc5)cc4)cc3)cc2)cc(C(C)(C)CC)c1. The molecule has 0 saturated heterocycles. The van der Waals surface area contributed by atoms with Crippen molar-refractivity contribution in [2.24, 2.45) is 0 Å². The molecule has 302 valence electrons. The van der Waals surface area contributed by atoms with Crippen molar-refractivity contribution in [2.75, 3.05) is 4.90 Å². The predicted octanol–water partition coefficient (Wildman–Crippen LogP) is 17.0. The number of benzene rings is 8. The van der Waals surface area contributed by atoms with Gasteiger partial charge in [0.15, 0.2) is 0 Å². The molecule has 0 saturated carbocycles. The van der Waals surface area contributed by atoms with Crippen LogP contribution in [0.4, 0.5) is 17.1 Å². The maximum Gasteiger partial charge on any atom is 0.0541 e. The number of nitrogens with zero attached hydrogens (tertiary/aromatic N) is 2. The molecule has 0 atom stereocenters. The third kappa shape index (κ3) is 7.80. The smallest absolute Gasteiger partial charge is 0.0541 e. The van der Waals surface area contributed by atoms with Gasteiger partial charge in [0.1, 0.15) is 0 Å². The van der Waals surface area contributed by atoms with Gasteiger partial charge >= 0.3 is 0 Å². The monoisotopic (exact) mass is 792 g/mol. The molecule has 0 amide bonds. The molecule has 0 bridgehead atoms. The zero-order valence-corrected chi connectivity index (χ0v) is 36.5. The first-order valence-corrected chi connectivity index (χ1v) is 22.0. The van der Waals surface area contributed by atoms with Crippen LogP contribution in [-0.4, -0.2) is 4.57 Å². The minimum Gasteiger partial charge on any atom is -0.311 e. The number of fused-ring (bicyclic) bond motifs is 3. The first kappa shape index (κ1) is 39.8. The van der Waals surface area contributed by atoms with Crippen molar-refractivity contribution in [3.8, 4) is 39.1 Å². The highest BCUT2D eigenvalue weighted by Crippen LogP contribution is 2.40. The Morgan fingerprint density at radius 2 is 0.787 bits per heavy atom. The second kappa shape index (κ2) is 16.4. The summed E-state index contributed by atoms with van der Waals surface area (Å²) in [5, 5.41) is 2.55. The molecule has 0 radical (unpaired) electrons. The topological polar surface area (TPSA) is 8.17 Å². The lowest BCUT2D eigenvalue weighted by atomic mass is 9.74. The van der Waals surface area contributed by atoms with Gasteiger partial charge in [0.2, 0.25) is 0 Å². The molecule has 0 aliphatic carbocycles. The van der Waals surface area contributed by atoms with Crippen molar-refractivity contribution < 1.29 is 0 Å². The minimum absolute atomic E-state index is 0.118. The summed E-state index contributed by atoms with van der Waals surface area (Å²) in [6.45, 7) is 14.1. The second-order valence-electron chi connectivity index (χ2n) is 17.9. The fraction of sp³-hybridized carbons (Fsp3) is 0.186. The average Bonchev–Trinajstić information content (AvgIpc) is 3.64. The molecule has 9 aromatic rings. The number of anilines is 3. The molecule has 0 fully saturated rings. The summed E-state index contributed by atoms with van der Waals surface area (Å²) in [7, 11) is 0. The van der Waals surface area contributed by atoms with Gasteiger partial charge in [-0.1, -0.05) is 181 Å². The summed E-state index contributed by atoms with van der Waals surface area (Å²) in [5.41, 5.74) is 17.4. The molecule has 0 N–H and O–H groups in total. The van der Waals surface area contributed by atoms with Crippen LogP contribution >= 0.6 is 0 Å². The van der Waals surface area contributed by atoms with E-state index in [-0.39, 0.29) is 10.8 Å². The summed E-state index contributed by atoms with van der Waals surface area (Å²) in [5.74, 6) is 0. The van der Waals surface area contributed by atoms with Crippen LogP contribution in [0.15, 0.2) is 194 Å². The van der Waals surface area contributed by atoms with Crippen LogP contribution in [0, 0.1) is 0 Å². The van der Waals surface area contributed by atoms with E-state index >= 15 is 0 Å². The van der Waals surface area contributed by atoms with Crippen LogP contribution in [-0.2, 0) is 10.8 Å². The normalized spacial score (nSPS) is 12.0. The van der Waals surface area contributed by atoms with E-state index in [4.69, 9.17) is 0 Å². The third-order valence-corrected chi connectivity index (χ3v) is 13.1. The molecular weight excluding hydrogens is 737 g/mol. The van der Waals surface area contributed by atoms with Crippen LogP contribution in [0.1, 0.15) is 71.9 Å². The molecule has 8 aromatic carbocycles. The van der Waals surface area contributed by atoms with Crippen molar-refractivity contribution in [2.45, 2.75) is 71.6 Å². The quantitative estimate of drug-likeness (QED) is 0.120. The molecule has 2 heteroatoms. The Morgan fingerprint density at radius 1 is 0.393 bits per heavy atom. The van der Waals surface area contributed by atoms with E-state index in [0.29, 0.717) is 0 Å². The minimum atomic E-state index is 0.118. The molecular formula is C59H56N2. The number of para-hydroxylation sites is 3. The van der Waals surface area contributed by atoms with Gasteiger partial charge in [-0.2, -0.15) is 0 Å². The van der Waals surface area contributed by atoms with Gasteiger partial charge in [-0.25, -0.2) is 0 Å². The van der Waals surface area contributed by atoms with Crippen molar-refractivity contribution in [1.82, 2.24) is 4.57 Å². The second-order valence-corrected chi connectivity index (χ2v) is 17.9. The predicted molar refractivity (Wildman–Crippen MR) is 263 cm³/mol. The van der Waals surface area contributed by atoms with Crippen LogP contribution in [0.25, 0.3) is 60.9 Å². The lowest BCUT2D eigenvalue weighted by Crippen LogP contribution is -2.20. The zero-order valence-electron chi connectivity index (χ0n) is 36.5. The maximum absolute atomic E-state index is 2.47. The fourth-order valence-electron chi connectivity index (χ4n) is 9.04. The van der Waals surface area contributed by atoms with E-state index in [2.05, 4.69) is 245 Å². The number of rotatable bonds is 12. The molecule has 0 spiro atoms. The molecule has 2 nitrogen and oxygen atoms in total. The Morgan fingerprint density at radius 3 is 1.26 bits per heavy atom. The Bertz CT molecular complexity index is 2860. The molecule has 0 aliphatic rings. The van der Waals surface area contributed by atoms with Gasteiger partial charge in [-0.15, -0.1) is 0 Å². The largest absolute Gasteiger partial charge is 0.311 e. The summed E-state index contributed by atoms with van der Waals surface area (Å²) >= 11 is 0. The fourth-order valence-corrected chi connectivity index (χ4v) is 9.04. The summed E-state index contributed by atoms with van der Waals surface area (Å²) in [4.78, 5) is 2.34. The summed E-state index contributed by atoms with van der Waals surface area (Å²) in [6, 6.07) is 71.4. The Labute approximate surface area is 362 Å². The van der Waals surface area contributed by atoms with Gasteiger partial charge in [-0.05, 0) is 129 Å². The van der Waals surface area contributed by atoms with Gasteiger partial charge in [0.05, 0.1) is 11.0 Å². The third-order valence-electron chi connectivity index (χ3n) is 13.1. The molecule has 1 heterocycles. The highest BCUT2D eigenvalue weighted by atomic mass is 15.1. The standard InChI is InChI=1S/C59H56N2/c1-7-38-59(5,6)49-40-47(39-48(41-49)58(3,4)8-2)46-24-22-42(23-25-46)43-26-32-51(33-27-43)60(50-16-10-9-11-17-50)52-34-28-44(29-35-52)45-30-36-53(37-31-45)61-56-20-14-12-18-54(56)55-19-13-15-21-57(55)61/h9-37,39-41H,7-8,38H2,1-6H3. The summed E-state index contributed by atoms with van der Waals surface area (Å²) in [6.07, 6.45) is 3.45. The van der Waals surface area contributed by atoms with E-state index in [9.17, 15) is 0 Å². The summed E-state index contributed by atoms with van der Waals surface area (Å²) < 4.78 is 2.37. The van der Waals surface area contributed by atoms with Crippen molar-refractivity contribution >= 4 is 38.9 Å². The lowest BCUT2D eigenvalue weighted by molar-refractivity contribution is 0.467. The number of hydrogen-bond acceptors (Lipinski definition) is 1. The lowest BCUT2D eigenvalue weighted by Gasteiger charge is -2.30. The first-order chi connectivity index (χ1) is 29.6. The van der Waals surface area contributed by atoms with Gasteiger partial charge in [-0.3, -0.25) is 0 Å². The number of hydrogen-bond donors (Lipinski definition) is 0. The molecule has 61 heavy (non-hydrogen) atoms. The zero-order chi connectivity index (χ0) is 42.1. The van der Waals surface area contributed by atoms with Crippen LogP contribution in [0.3, 0.4) is 0 Å². The highest BCUT2D eigenvalue weighted by molar-refractivity contribution is 6.09. The van der Waals surface area contributed by atoms with Gasteiger partial charge < -0.3 is 9.47 Å². The van der Waals surface area contributed by atoms with Gasteiger partial charge in [0, 0.05) is 33.5 Å². The average molecular weight is 793 g/mol. The van der Waals surface area contributed by atoms with E-state index in [1.54, 1.807) is 0 Å². The Hall–Kier alpha value is -6.64. The Kier molecular flexibility index (Phi) is 10.7. The highest BCUT2D eigenvalue weighted by Gasteiger charge is 2.25. The first-order valence-electron chi connectivity index (χ1n) is 22.0. The van der Waals surface area contributed by atoms with Crippen LogP contribution < -0.4 is 4.90 Å². The molecule has 9 rings (SSSR count). The van der Waals surface area contributed by atoms with E-state index in [1.165, 1.54) is 79.2 Å².